The Bertz CT molecular complexity index is 812. The average molecular weight is 394 g/mol. The lowest BCUT2D eigenvalue weighted by Gasteiger charge is -2.13. The molecule has 0 saturated heterocycles. The van der Waals surface area contributed by atoms with Crippen LogP contribution in [-0.4, -0.2) is 8.42 Å². The van der Waals surface area contributed by atoms with E-state index in [2.05, 4.69) is 20.7 Å². The van der Waals surface area contributed by atoms with E-state index in [0.29, 0.717) is 10.6 Å². The highest BCUT2D eigenvalue weighted by molar-refractivity contribution is 9.10. The van der Waals surface area contributed by atoms with E-state index in [0.717, 1.165) is 6.07 Å². The van der Waals surface area contributed by atoms with Gasteiger partial charge in [-0.05, 0) is 58.7 Å². The molecule has 0 atom stereocenters. The highest BCUT2D eigenvalue weighted by Gasteiger charge is 2.19. The van der Waals surface area contributed by atoms with Crippen LogP contribution in [0.3, 0.4) is 0 Å². The SMILES string of the molecule is Cc1cc(Br)c(F)cc1NS(=O)(=O)c1ccc(Cl)cc1N. The maximum absolute atomic E-state index is 13.5. The molecule has 2 aromatic carbocycles. The molecular weight excluding hydrogens is 383 g/mol. The second-order valence-electron chi connectivity index (χ2n) is 4.37. The van der Waals surface area contributed by atoms with Crippen LogP contribution in [0.2, 0.25) is 5.02 Å². The van der Waals surface area contributed by atoms with Gasteiger partial charge in [0.15, 0.2) is 0 Å². The molecule has 0 bridgehead atoms. The molecule has 0 aliphatic carbocycles. The van der Waals surface area contributed by atoms with E-state index in [4.69, 9.17) is 17.3 Å². The van der Waals surface area contributed by atoms with Crippen LogP contribution in [0.25, 0.3) is 0 Å². The maximum Gasteiger partial charge on any atom is 0.263 e. The summed E-state index contributed by atoms with van der Waals surface area (Å²) < 4.78 is 40.8. The van der Waals surface area contributed by atoms with Gasteiger partial charge in [0.05, 0.1) is 15.8 Å². The van der Waals surface area contributed by atoms with E-state index in [9.17, 15) is 12.8 Å². The Kier molecular flexibility index (Phi) is 4.46. The van der Waals surface area contributed by atoms with Gasteiger partial charge in [0.2, 0.25) is 0 Å². The Hall–Kier alpha value is -1.31. The van der Waals surface area contributed by atoms with Crippen molar-refractivity contribution in [3.8, 4) is 0 Å². The van der Waals surface area contributed by atoms with Gasteiger partial charge < -0.3 is 5.73 Å². The summed E-state index contributed by atoms with van der Waals surface area (Å²) in [6.45, 7) is 1.66. The van der Waals surface area contributed by atoms with Gasteiger partial charge in [0, 0.05) is 5.02 Å². The molecule has 112 valence electrons. The Balaban J connectivity index is 2.45. The minimum atomic E-state index is -3.93. The predicted molar refractivity (Wildman–Crippen MR) is 85.5 cm³/mol. The molecule has 0 heterocycles. The number of halogens is 3. The number of aryl methyl sites for hydroxylation is 1. The van der Waals surface area contributed by atoms with E-state index in [-0.39, 0.29) is 20.7 Å². The summed E-state index contributed by atoms with van der Waals surface area (Å²) >= 11 is 8.78. The molecule has 0 aromatic heterocycles. The molecule has 0 aliphatic heterocycles. The Morgan fingerprint density at radius 2 is 1.95 bits per heavy atom. The first kappa shape index (κ1) is 16.1. The van der Waals surface area contributed by atoms with Crippen LogP contribution >= 0.6 is 27.5 Å². The molecular formula is C13H11BrClFN2O2S. The third kappa shape index (κ3) is 3.48. The van der Waals surface area contributed by atoms with E-state index in [1.807, 2.05) is 0 Å². The van der Waals surface area contributed by atoms with Crippen LogP contribution in [0, 0.1) is 12.7 Å². The first-order valence-corrected chi connectivity index (χ1v) is 8.39. The molecule has 0 spiro atoms. The van der Waals surface area contributed by atoms with Gasteiger partial charge in [-0.2, -0.15) is 0 Å². The van der Waals surface area contributed by atoms with Gasteiger partial charge in [-0.1, -0.05) is 11.6 Å². The average Bonchev–Trinajstić information content (AvgIpc) is 2.35. The molecule has 0 unspecified atom stereocenters. The quantitative estimate of drug-likeness (QED) is 0.776. The Labute approximate surface area is 135 Å². The molecule has 8 heteroatoms. The van der Waals surface area contributed by atoms with Gasteiger partial charge >= 0.3 is 0 Å². The smallest absolute Gasteiger partial charge is 0.263 e. The largest absolute Gasteiger partial charge is 0.398 e. The van der Waals surface area contributed by atoms with Crippen LogP contribution in [0.15, 0.2) is 39.7 Å². The Morgan fingerprint density at radius 1 is 1.29 bits per heavy atom. The molecule has 21 heavy (non-hydrogen) atoms. The highest BCUT2D eigenvalue weighted by atomic mass is 79.9. The highest BCUT2D eigenvalue weighted by Crippen LogP contribution is 2.28. The fourth-order valence-electron chi connectivity index (χ4n) is 1.72. The fourth-order valence-corrected chi connectivity index (χ4v) is 3.59. The second kappa shape index (κ2) is 5.82. The van der Waals surface area contributed by atoms with E-state index >= 15 is 0 Å². The van der Waals surface area contributed by atoms with E-state index < -0.39 is 15.8 Å². The van der Waals surface area contributed by atoms with Crippen LogP contribution < -0.4 is 10.5 Å². The van der Waals surface area contributed by atoms with Crippen molar-refractivity contribution >= 4 is 48.9 Å². The lowest BCUT2D eigenvalue weighted by molar-refractivity contribution is 0.601. The monoisotopic (exact) mass is 392 g/mol. The summed E-state index contributed by atoms with van der Waals surface area (Å²) in [5.41, 5.74) is 6.40. The molecule has 3 N–H and O–H groups in total. The van der Waals surface area contributed by atoms with Crippen LogP contribution in [0.1, 0.15) is 5.56 Å². The van der Waals surface area contributed by atoms with Crippen molar-refractivity contribution in [2.75, 3.05) is 10.5 Å². The van der Waals surface area contributed by atoms with Gasteiger partial charge in [-0.3, -0.25) is 4.72 Å². The first-order valence-electron chi connectivity index (χ1n) is 5.74. The minimum Gasteiger partial charge on any atom is -0.398 e. The molecule has 4 nitrogen and oxygen atoms in total. The number of benzene rings is 2. The number of hydrogen-bond donors (Lipinski definition) is 2. The standard InChI is InChI=1S/C13H11BrClFN2O2S/c1-7-4-9(14)10(16)6-12(7)18-21(19,20)13-3-2-8(15)5-11(13)17/h2-6,18H,17H2,1H3. The lowest BCUT2D eigenvalue weighted by atomic mass is 10.2. The number of sulfonamides is 1. The van der Waals surface area contributed by atoms with Crippen molar-refractivity contribution in [1.29, 1.82) is 0 Å². The topological polar surface area (TPSA) is 72.2 Å². The van der Waals surface area contributed by atoms with Crippen LogP contribution in [0.5, 0.6) is 0 Å². The molecule has 2 aromatic rings. The normalized spacial score (nSPS) is 11.4. The van der Waals surface area contributed by atoms with Crippen molar-refractivity contribution in [2.24, 2.45) is 0 Å². The summed E-state index contributed by atoms with van der Waals surface area (Å²) in [6, 6.07) is 6.64. The van der Waals surface area contributed by atoms with Crippen LogP contribution in [-0.2, 0) is 10.0 Å². The van der Waals surface area contributed by atoms with Crippen molar-refractivity contribution < 1.29 is 12.8 Å². The zero-order valence-corrected chi connectivity index (χ0v) is 14.0. The van der Waals surface area contributed by atoms with Crippen LogP contribution in [0.4, 0.5) is 15.8 Å². The van der Waals surface area contributed by atoms with Gasteiger partial charge in [0.25, 0.3) is 10.0 Å². The molecule has 0 saturated carbocycles. The Morgan fingerprint density at radius 3 is 2.57 bits per heavy atom. The summed E-state index contributed by atoms with van der Waals surface area (Å²) in [6.07, 6.45) is 0. The lowest BCUT2D eigenvalue weighted by Crippen LogP contribution is -2.15. The molecule has 0 amide bonds. The molecule has 2 rings (SSSR count). The summed E-state index contributed by atoms with van der Waals surface area (Å²) in [7, 11) is -3.93. The second-order valence-corrected chi connectivity index (χ2v) is 7.31. The zero-order valence-electron chi connectivity index (χ0n) is 10.8. The van der Waals surface area contributed by atoms with Gasteiger partial charge in [0.1, 0.15) is 10.7 Å². The summed E-state index contributed by atoms with van der Waals surface area (Å²) in [4.78, 5) is -0.116. The third-order valence-electron chi connectivity index (χ3n) is 2.77. The number of hydrogen-bond acceptors (Lipinski definition) is 3. The molecule has 0 fully saturated rings. The first-order chi connectivity index (χ1) is 9.70. The zero-order chi connectivity index (χ0) is 15.8. The van der Waals surface area contributed by atoms with E-state index in [1.54, 1.807) is 6.92 Å². The summed E-state index contributed by atoms with van der Waals surface area (Å²) in [5, 5.41) is 0.331. The number of nitrogen functional groups attached to an aromatic ring is 1. The van der Waals surface area contributed by atoms with Gasteiger partial charge in [-0.15, -0.1) is 0 Å². The summed E-state index contributed by atoms with van der Waals surface area (Å²) in [5.74, 6) is -0.567. The minimum absolute atomic E-state index is 0.0187. The molecule has 0 radical (unpaired) electrons. The number of anilines is 2. The number of nitrogens with two attached hydrogens (primary N) is 1. The van der Waals surface area contributed by atoms with Gasteiger partial charge in [-0.25, -0.2) is 12.8 Å². The van der Waals surface area contributed by atoms with Crippen molar-refractivity contribution in [3.05, 3.63) is 51.2 Å². The van der Waals surface area contributed by atoms with E-state index in [1.165, 1.54) is 24.3 Å². The number of nitrogens with one attached hydrogen (secondary N) is 1. The van der Waals surface area contributed by atoms with Crippen molar-refractivity contribution in [3.63, 3.8) is 0 Å². The molecule has 0 aliphatic rings. The number of rotatable bonds is 3. The third-order valence-corrected chi connectivity index (χ3v) is 5.06. The van der Waals surface area contributed by atoms with Crippen molar-refractivity contribution in [1.82, 2.24) is 0 Å². The van der Waals surface area contributed by atoms with Crippen molar-refractivity contribution in [2.45, 2.75) is 11.8 Å². The maximum atomic E-state index is 13.5. The predicted octanol–water partition coefficient (Wildman–Crippen LogP) is 3.93. The fraction of sp³-hybridized carbons (Fsp3) is 0.0769.